The molecule has 3 heterocycles. The molecule has 4 aromatic rings. The average Bonchev–Trinajstić information content (AvgIpc) is 3.34. The lowest BCUT2D eigenvalue weighted by molar-refractivity contribution is 0.0943. The number of amides is 1. The fourth-order valence-corrected chi connectivity index (χ4v) is 2.62. The number of nitrogens with one attached hydrogen (secondary N) is 2. The molecule has 0 spiro atoms. The number of furan rings is 1. The van der Waals surface area contributed by atoms with E-state index in [1.807, 2.05) is 0 Å². The first-order chi connectivity index (χ1) is 13.2. The molecule has 0 radical (unpaired) electrons. The summed E-state index contributed by atoms with van der Waals surface area (Å²) in [5, 5.41) is 9.83. The molecule has 4 rings (SSSR count). The number of carbonyl (C=O) groups is 1. The lowest BCUT2D eigenvalue weighted by Gasteiger charge is -2.03. The Morgan fingerprint density at radius 3 is 2.93 bits per heavy atom. The molecule has 0 saturated heterocycles. The molecule has 7 heteroatoms. The van der Waals surface area contributed by atoms with E-state index >= 15 is 0 Å². The maximum atomic E-state index is 13.3. The molecule has 0 saturated carbocycles. The van der Waals surface area contributed by atoms with Crippen LogP contribution in [0.4, 0.5) is 4.39 Å². The van der Waals surface area contributed by atoms with Gasteiger partial charge in [0.15, 0.2) is 0 Å². The molecule has 0 aliphatic carbocycles. The third kappa shape index (κ3) is 3.77. The molecule has 0 unspecified atom stereocenters. The maximum absolute atomic E-state index is 13.3. The quantitative estimate of drug-likeness (QED) is 0.566. The van der Waals surface area contributed by atoms with Crippen molar-refractivity contribution in [2.24, 2.45) is 0 Å². The van der Waals surface area contributed by atoms with Gasteiger partial charge >= 0.3 is 0 Å². The van der Waals surface area contributed by atoms with E-state index in [2.05, 4.69) is 20.5 Å². The lowest BCUT2D eigenvalue weighted by atomic mass is 10.2. The molecule has 0 aliphatic heterocycles. The van der Waals surface area contributed by atoms with Crippen molar-refractivity contribution in [3.05, 3.63) is 83.3 Å². The predicted octanol–water partition coefficient (Wildman–Crippen LogP) is 3.79. The summed E-state index contributed by atoms with van der Waals surface area (Å²) in [5.41, 5.74) is 2.81. The SMILES string of the molecule is O=C(NCc1ccco1)c1ccc2[nH]nc(C=Cc3cccc(F)c3)c2n1. The normalized spacial score (nSPS) is 11.3. The molecule has 27 heavy (non-hydrogen) atoms. The van der Waals surface area contributed by atoms with E-state index in [9.17, 15) is 9.18 Å². The molecule has 6 nitrogen and oxygen atoms in total. The summed E-state index contributed by atoms with van der Waals surface area (Å²) in [4.78, 5) is 16.7. The molecule has 2 N–H and O–H groups in total. The van der Waals surface area contributed by atoms with Gasteiger partial charge in [0.1, 0.15) is 28.5 Å². The second kappa shape index (κ2) is 7.25. The highest BCUT2D eigenvalue weighted by Crippen LogP contribution is 2.17. The minimum atomic E-state index is -0.311. The summed E-state index contributed by atoms with van der Waals surface area (Å²) in [6.07, 6.45) is 5.02. The van der Waals surface area contributed by atoms with E-state index < -0.39 is 0 Å². The second-order valence-electron chi connectivity index (χ2n) is 5.85. The zero-order valence-electron chi connectivity index (χ0n) is 14.1. The van der Waals surface area contributed by atoms with Crippen LogP contribution in [0.3, 0.4) is 0 Å². The second-order valence-corrected chi connectivity index (χ2v) is 5.85. The van der Waals surface area contributed by atoms with E-state index in [1.165, 1.54) is 12.1 Å². The maximum Gasteiger partial charge on any atom is 0.270 e. The van der Waals surface area contributed by atoms with Gasteiger partial charge in [-0.05, 0) is 48.0 Å². The fourth-order valence-electron chi connectivity index (χ4n) is 2.62. The summed E-state index contributed by atoms with van der Waals surface area (Å²) in [6, 6.07) is 13.1. The number of H-pyrrole nitrogens is 1. The molecule has 1 aromatic carbocycles. The summed E-state index contributed by atoms with van der Waals surface area (Å²) in [6.45, 7) is 0.281. The largest absolute Gasteiger partial charge is 0.467 e. The smallest absolute Gasteiger partial charge is 0.270 e. The molecule has 0 aliphatic rings. The summed E-state index contributed by atoms with van der Waals surface area (Å²) >= 11 is 0. The van der Waals surface area contributed by atoms with Crippen LogP contribution >= 0.6 is 0 Å². The number of pyridine rings is 1. The van der Waals surface area contributed by atoms with Crippen molar-refractivity contribution in [3.63, 3.8) is 0 Å². The summed E-state index contributed by atoms with van der Waals surface area (Å²) < 4.78 is 18.5. The van der Waals surface area contributed by atoms with Crippen LogP contribution in [-0.4, -0.2) is 21.1 Å². The summed E-state index contributed by atoms with van der Waals surface area (Å²) in [7, 11) is 0. The third-order valence-corrected chi connectivity index (χ3v) is 3.95. The molecule has 0 fully saturated rings. The Bertz CT molecular complexity index is 1120. The number of fused-ring (bicyclic) bond motifs is 1. The Morgan fingerprint density at radius 1 is 1.19 bits per heavy atom. The highest BCUT2D eigenvalue weighted by atomic mass is 19.1. The minimum Gasteiger partial charge on any atom is -0.467 e. The van der Waals surface area contributed by atoms with Crippen molar-refractivity contribution in [1.29, 1.82) is 0 Å². The van der Waals surface area contributed by atoms with Crippen LogP contribution in [0.5, 0.6) is 0 Å². The van der Waals surface area contributed by atoms with Crippen molar-refractivity contribution in [3.8, 4) is 0 Å². The summed E-state index contributed by atoms with van der Waals surface area (Å²) in [5.74, 6) is 0.0405. The number of hydrogen-bond acceptors (Lipinski definition) is 4. The van der Waals surface area contributed by atoms with Gasteiger partial charge in [-0.1, -0.05) is 18.2 Å². The molecular weight excluding hydrogens is 347 g/mol. The minimum absolute atomic E-state index is 0.274. The van der Waals surface area contributed by atoms with Crippen molar-refractivity contribution >= 4 is 29.1 Å². The van der Waals surface area contributed by atoms with Crippen LogP contribution < -0.4 is 5.32 Å². The van der Waals surface area contributed by atoms with Gasteiger partial charge in [0, 0.05) is 0 Å². The topological polar surface area (TPSA) is 83.8 Å². The fraction of sp³-hybridized carbons (Fsp3) is 0.0500. The number of benzene rings is 1. The van der Waals surface area contributed by atoms with Crippen LogP contribution in [0, 0.1) is 5.82 Å². The van der Waals surface area contributed by atoms with Crippen molar-refractivity contribution in [2.75, 3.05) is 0 Å². The van der Waals surface area contributed by atoms with Crippen molar-refractivity contribution < 1.29 is 13.6 Å². The van der Waals surface area contributed by atoms with E-state index in [1.54, 1.807) is 54.8 Å². The van der Waals surface area contributed by atoms with Gasteiger partial charge in [0.05, 0.1) is 18.3 Å². The molecule has 3 aromatic heterocycles. The molecule has 0 bridgehead atoms. The van der Waals surface area contributed by atoms with Gasteiger partial charge in [0.2, 0.25) is 0 Å². The molecule has 1 amide bonds. The standard InChI is InChI=1S/C20H15FN4O2/c21-14-4-1-3-13(11-14)6-7-16-19-17(25-24-16)8-9-18(23-19)20(26)22-12-15-5-2-10-27-15/h1-11H,12H2,(H,22,26)(H,24,25). The molecule has 134 valence electrons. The van der Waals surface area contributed by atoms with E-state index in [-0.39, 0.29) is 24.0 Å². The number of aromatic amines is 1. The number of carbonyl (C=O) groups excluding carboxylic acids is 1. The Kier molecular flexibility index (Phi) is 4.49. The van der Waals surface area contributed by atoms with E-state index in [4.69, 9.17) is 4.42 Å². The van der Waals surface area contributed by atoms with Crippen LogP contribution in [0.25, 0.3) is 23.2 Å². The number of hydrogen-bond donors (Lipinski definition) is 2. The number of nitrogens with zero attached hydrogens (tertiary/aromatic N) is 2. The highest BCUT2D eigenvalue weighted by Gasteiger charge is 2.12. The molecule has 0 atom stereocenters. The lowest BCUT2D eigenvalue weighted by Crippen LogP contribution is -2.23. The van der Waals surface area contributed by atoms with Gasteiger partial charge in [-0.2, -0.15) is 5.10 Å². The Labute approximate surface area is 153 Å². The van der Waals surface area contributed by atoms with Gasteiger partial charge < -0.3 is 9.73 Å². The first-order valence-electron chi connectivity index (χ1n) is 8.28. The van der Waals surface area contributed by atoms with Gasteiger partial charge in [-0.3, -0.25) is 9.89 Å². The zero-order valence-corrected chi connectivity index (χ0v) is 14.1. The van der Waals surface area contributed by atoms with Gasteiger partial charge in [-0.25, -0.2) is 9.37 Å². The van der Waals surface area contributed by atoms with E-state index in [0.29, 0.717) is 28.1 Å². The van der Waals surface area contributed by atoms with Crippen LogP contribution in [0.1, 0.15) is 27.5 Å². The molecular formula is C20H15FN4O2. The number of aromatic nitrogens is 3. The van der Waals surface area contributed by atoms with Crippen LogP contribution in [-0.2, 0) is 6.54 Å². The van der Waals surface area contributed by atoms with Crippen molar-refractivity contribution in [2.45, 2.75) is 6.54 Å². The van der Waals surface area contributed by atoms with Crippen molar-refractivity contribution in [1.82, 2.24) is 20.5 Å². The van der Waals surface area contributed by atoms with Crippen LogP contribution in [0.2, 0.25) is 0 Å². The average molecular weight is 362 g/mol. The first-order valence-corrected chi connectivity index (χ1v) is 8.28. The monoisotopic (exact) mass is 362 g/mol. The van der Waals surface area contributed by atoms with Gasteiger partial charge in [0.25, 0.3) is 5.91 Å². The van der Waals surface area contributed by atoms with Crippen LogP contribution in [0.15, 0.2) is 59.2 Å². The van der Waals surface area contributed by atoms with E-state index in [0.717, 1.165) is 0 Å². The Morgan fingerprint density at radius 2 is 2.11 bits per heavy atom. The first kappa shape index (κ1) is 16.7. The highest BCUT2D eigenvalue weighted by molar-refractivity contribution is 5.95. The Balaban J connectivity index is 1.56. The number of rotatable bonds is 5. The number of halogens is 1. The third-order valence-electron chi connectivity index (χ3n) is 3.95. The predicted molar refractivity (Wildman–Crippen MR) is 99.1 cm³/mol. The zero-order chi connectivity index (χ0) is 18.6. The van der Waals surface area contributed by atoms with Gasteiger partial charge in [-0.15, -0.1) is 0 Å². The Hall–Kier alpha value is -3.74.